The summed E-state index contributed by atoms with van der Waals surface area (Å²) in [7, 11) is 0. The normalized spacial score (nSPS) is 15.9. The van der Waals surface area contributed by atoms with E-state index in [4.69, 9.17) is 9.47 Å². The fourth-order valence-electron chi connectivity index (χ4n) is 4.01. The van der Waals surface area contributed by atoms with E-state index in [1.807, 2.05) is 19.1 Å². The minimum atomic E-state index is -2.67. The third kappa shape index (κ3) is 6.03. The number of anilines is 1. The van der Waals surface area contributed by atoms with Crippen LogP contribution in [0.3, 0.4) is 0 Å². The zero-order valence-corrected chi connectivity index (χ0v) is 18.8. The lowest BCUT2D eigenvalue weighted by Gasteiger charge is -2.28. The van der Waals surface area contributed by atoms with E-state index in [9.17, 15) is 22.4 Å². The van der Waals surface area contributed by atoms with Crippen molar-refractivity contribution in [2.24, 2.45) is 0 Å². The number of benzene rings is 2. The van der Waals surface area contributed by atoms with E-state index in [0.29, 0.717) is 13.2 Å². The molecule has 0 bridgehead atoms. The summed E-state index contributed by atoms with van der Waals surface area (Å²) in [6.07, 6.45) is -1.95. The van der Waals surface area contributed by atoms with Crippen molar-refractivity contribution in [1.29, 1.82) is 0 Å². The van der Waals surface area contributed by atoms with Gasteiger partial charge in [-0.15, -0.1) is 0 Å². The van der Waals surface area contributed by atoms with Gasteiger partial charge in [-0.1, -0.05) is 19.9 Å². The number of hydrogen-bond acceptors (Lipinski definition) is 4. The van der Waals surface area contributed by atoms with Crippen LogP contribution in [0.1, 0.15) is 43.5 Å². The average Bonchev–Trinajstić information content (AvgIpc) is 2.72. The van der Waals surface area contributed by atoms with Gasteiger partial charge in [-0.05, 0) is 48.7 Å². The molecule has 1 amide bonds. The predicted octanol–water partition coefficient (Wildman–Crippen LogP) is 4.75. The molecule has 1 atom stereocenters. The molecular weight excluding hydrogens is 440 g/mol. The monoisotopic (exact) mass is 468 g/mol. The van der Waals surface area contributed by atoms with Crippen molar-refractivity contribution in [3.63, 3.8) is 0 Å². The zero-order chi connectivity index (χ0) is 24.2. The summed E-state index contributed by atoms with van der Waals surface area (Å²) in [6, 6.07) is 6.84. The SMILES string of the molecule is CCOc1ccc2c(c1)CCNC2C(=O)Nc1cc(F)c(C(C)(C)COCC(F)F)c(F)c1. The number of nitrogens with one attached hydrogen (secondary N) is 2. The highest BCUT2D eigenvalue weighted by atomic mass is 19.3. The van der Waals surface area contributed by atoms with E-state index in [0.717, 1.165) is 35.4 Å². The van der Waals surface area contributed by atoms with Crippen molar-refractivity contribution in [1.82, 2.24) is 5.32 Å². The maximum absolute atomic E-state index is 14.8. The first-order chi connectivity index (χ1) is 15.6. The molecule has 1 aliphatic heterocycles. The van der Waals surface area contributed by atoms with Crippen molar-refractivity contribution in [3.05, 3.63) is 58.7 Å². The van der Waals surface area contributed by atoms with Crippen LogP contribution < -0.4 is 15.4 Å². The molecule has 0 saturated carbocycles. The van der Waals surface area contributed by atoms with E-state index in [-0.39, 0.29) is 17.9 Å². The molecule has 0 saturated heterocycles. The molecular formula is C24H28F4N2O3. The van der Waals surface area contributed by atoms with Crippen LogP contribution in [0.15, 0.2) is 30.3 Å². The van der Waals surface area contributed by atoms with Gasteiger partial charge >= 0.3 is 0 Å². The molecule has 0 fully saturated rings. The number of fused-ring (bicyclic) bond motifs is 1. The van der Waals surface area contributed by atoms with Gasteiger partial charge in [0.25, 0.3) is 6.43 Å². The van der Waals surface area contributed by atoms with Crippen LogP contribution in [0.25, 0.3) is 0 Å². The molecule has 33 heavy (non-hydrogen) atoms. The van der Waals surface area contributed by atoms with Crippen LogP contribution in [0.2, 0.25) is 0 Å². The lowest BCUT2D eigenvalue weighted by Crippen LogP contribution is -2.38. The molecule has 2 N–H and O–H groups in total. The Kier molecular flexibility index (Phi) is 7.97. The lowest BCUT2D eigenvalue weighted by atomic mass is 9.84. The molecule has 0 aromatic heterocycles. The molecule has 0 spiro atoms. The summed E-state index contributed by atoms with van der Waals surface area (Å²) in [6.45, 7) is 4.87. The van der Waals surface area contributed by atoms with Crippen LogP contribution in [0.4, 0.5) is 23.2 Å². The smallest absolute Gasteiger partial charge is 0.261 e. The Morgan fingerprint density at radius 3 is 2.55 bits per heavy atom. The number of rotatable bonds is 9. The van der Waals surface area contributed by atoms with Gasteiger partial charge < -0.3 is 20.1 Å². The van der Waals surface area contributed by atoms with Gasteiger partial charge in [0.1, 0.15) is 30.0 Å². The predicted molar refractivity (Wildman–Crippen MR) is 117 cm³/mol. The Labute approximate surface area is 190 Å². The zero-order valence-electron chi connectivity index (χ0n) is 18.8. The number of amides is 1. The highest BCUT2D eigenvalue weighted by Gasteiger charge is 2.31. The van der Waals surface area contributed by atoms with Gasteiger partial charge in [-0.2, -0.15) is 0 Å². The molecule has 0 radical (unpaired) electrons. The van der Waals surface area contributed by atoms with Gasteiger partial charge in [-0.25, -0.2) is 17.6 Å². The summed E-state index contributed by atoms with van der Waals surface area (Å²) in [5.74, 6) is -1.52. The average molecular weight is 468 g/mol. The Morgan fingerprint density at radius 1 is 1.21 bits per heavy atom. The standard InChI is InChI=1S/C24H28F4N2O3/c1-4-33-16-5-6-17-14(9-16)7-8-29-22(17)23(31)30-15-10-18(25)21(19(26)11-15)24(2,3)13-32-12-20(27)28/h5-6,9-11,20,22,29H,4,7-8,12-13H2,1-3H3,(H,30,31). The number of ether oxygens (including phenoxy) is 2. The fourth-order valence-corrected chi connectivity index (χ4v) is 4.01. The Morgan fingerprint density at radius 2 is 1.91 bits per heavy atom. The minimum absolute atomic E-state index is 0.0390. The van der Waals surface area contributed by atoms with Gasteiger partial charge in [0, 0.05) is 23.2 Å². The highest BCUT2D eigenvalue weighted by Crippen LogP contribution is 2.32. The maximum Gasteiger partial charge on any atom is 0.261 e. The van der Waals surface area contributed by atoms with Crippen LogP contribution in [0.5, 0.6) is 5.75 Å². The van der Waals surface area contributed by atoms with Crippen molar-refractivity contribution in [2.45, 2.75) is 45.1 Å². The van der Waals surface area contributed by atoms with Crippen LogP contribution in [0, 0.1) is 11.6 Å². The van der Waals surface area contributed by atoms with E-state index < -0.39 is 42.0 Å². The second-order valence-electron chi connectivity index (χ2n) is 8.53. The molecule has 180 valence electrons. The molecule has 0 aliphatic carbocycles. The second-order valence-corrected chi connectivity index (χ2v) is 8.53. The Bertz CT molecular complexity index is 975. The highest BCUT2D eigenvalue weighted by molar-refractivity contribution is 5.96. The second kappa shape index (κ2) is 10.5. The Balaban J connectivity index is 1.76. The molecule has 2 aromatic rings. The van der Waals surface area contributed by atoms with Crippen LogP contribution in [-0.2, 0) is 21.4 Å². The van der Waals surface area contributed by atoms with E-state index >= 15 is 0 Å². The first-order valence-corrected chi connectivity index (χ1v) is 10.8. The van der Waals surface area contributed by atoms with Gasteiger partial charge in [-0.3, -0.25) is 4.79 Å². The minimum Gasteiger partial charge on any atom is -0.494 e. The molecule has 3 rings (SSSR count). The van der Waals surface area contributed by atoms with Crippen molar-refractivity contribution in [3.8, 4) is 5.75 Å². The molecule has 2 aromatic carbocycles. The number of alkyl halides is 2. The Hall–Kier alpha value is -2.65. The quantitative estimate of drug-likeness (QED) is 0.522. The lowest BCUT2D eigenvalue weighted by molar-refractivity contribution is -0.118. The number of halogens is 4. The summed E-state index contributed by atoms with van der Waals surface area (Å²) in [5.41, 5.74) is 0.228. The largest absolute Gasteiger partial charge is 0.494 e. The molecule has 1 unspecified atom stereocenters. The topological polar surface area (TPSA) is 59.6 Å². The first kappa shape index (κ1) is 25.0. The number of carbonyl (C=O) groups excluding carboxylic acids is 1. The van der Waals surface area contributed by atoms with Crippen molar-refractivity contribution in [2.75, 3.05) is 31.7 Å². The molecule has 1 aliphatic rings. The third-order valence-electron chi connectivity index (χ3n) is 5.43. The summed E-state index contributed by atoms with van der Waals surface area (Å²) < 4.78 is 64.7. The number of hydrogen-bond donors (Lipinski definition) is 2. The third-order valence-corrected chi connectivity index (χ3v) is 5.43. The van der Waals surface area contributed by atoms with Crippen LogP contribution >= 0.6 is 0 Å². The van der Waals surface area contributed by atoms with E-state index in [1.54, 1.807) is 6.07 Å². The summed E-state index contributed by atoms with van der Waals surface area (Å²) in [4.78, 5) is 12.9. The summed E-state index contributed by atoms with van der Waals surface area (Å²) in [5, 5.41) is 5.69. The van der Waals surface area contributed by atoms with E-state index in [1.165, 1.54) is 13.8 Å². The fraction of sp³-hybridized carbons (Fsp3) is 0.458. The van der Waals surface area contributed by atoms with Gasteiger partial charge in [0.2, 0.25) is 5.91 Å². The van der Waals surface area contributed by atoms with E-state index in [2.05, 4.69) is 10.6 Å². The van der Waals surface area contributed by atoms with Gasteiger partial charge in [0.05, 0.1) is 13.2 Å². The maximum atomic E-state index is 14.8. The van der Waals surface area contributed by atoms with Gasteiger partial charge in [0.15, 0.2) is 0 Å². The molecule has 5 nitrogen and oxygen atoms in total. The first-order valence-electron chi connectivity index (χ1n) is 10.8. The molecule has 1 heterocycles. The molecule has 9 heteroatoms. The van der Waals surface area contributed by atoms with Crippen molar-refractivity contribution >= 4 is 11.6 Å². The number of carbonyl (C=O) groups is 1. The van der Waals surface area contributed by atoms with Crippen LogP contribution in [-0.4, -0.2) is 38.7 Å². The summed E-state index contributed by atoms with van der Waals surface area (Å²) >= 11 is 0. The van der Waals surface area contributed by atoms with Crippen molar-refractivity contribution < 1.29 is 31.8 Å².